The first-order chi connectivity index (χ1) is 8.10. The lowest BCUT2D eigenvalue weighted by atomic mass is 9.88. The number of hydrogen-bond donors (Lipinski definition) is 0. The summed E-state index contributed by atoms with van der Waals surface area (Å²) in [5, 5.41) is 0. The van der Waals surface area contributed by atoms with Crippen LogP contribution in [0.4, 0.5) is 8.78 Å². The van der Waals surface area contributed by atoms with Crippen molar-refractivity contribution in [3.05, 3.63) is 29.3 Å². The maximum atomic E-state index is 13.6. The summed E-state index contributed by atoms with van der Waals surface area (Å²) >= 11 is 0. The van der Waals surface area contributed by atoms with Crippen molar-refractivity contribution in [2.24, 2.45) is 0 Å². The van der Waals surface area contributed by atoms with E-state index in [0.29, 0.717) is 0 Å². The van der Waals surface area contributed by atoms with Crippen LogP contribution in [0, 0.1) is 11.6 Å². The molecule has 0 bridgehead atoms. The Morgan fingerprint density at radius 1 is 1.18 bits per heavy atom. The molecule has 1 aromatic rings. The molecule has 4 heteroatoms. The van der Waals surface area contributed by atoms with E-state index < -0.39 is 17.2 Å². The minimum absolute atomic E-state index is 0.0417. The molecule has 0 aromatic heterocycles. The molecule has 90 valence electrons. The third kappa shape index (κ3) is 1.63. The van der Waals surface area contributed by atoms with Crippen molar-refractivity contribution in [3.8, 4) is 5.75 Å². The lowest BCUT2D eigenvalue weighted by Crippen LogP contribution is -2.39. The van der Waals surface area contributed by atoms with Crippen LogP contribution in [0.25, 0.3) is 0 Å². The van der Waals surface area contributed by atoms with Crippen LogP contribution < -0.4 is 4.74 Å². The highest BCUT2D eigenvalue weighted by Crippen LogP contribution is 2.43. The van der Waals surface area contributed by atoms with Crippen molar-refractivity contribution in [1.29, 1.82) is 0 Å². The van der Waals surface area contributed by atoms with E-state index in [9.17, 15) is 13.6 Å². The summed E-state index contributed by atoms with van der Waals surface area (Å²) in [7, 11) is 0. The Labute approximate surface area is 97.6 Å². The summed E-state index contributed by atoms with van der Waals surface area (Å²) < 4.78 is 32.3. The molecule has 1 aromatic carbocycles. The van der Waals surface area contributed by atoms with Gasteiger partial charge < -0.3 is 4.74 Å². The smallest absolute Gasteiger partial charge is 0.170 e. The van der Waals surface area contributed by atoms with Gasteiger partial charge in [0.2, 0.25) is 0 Å². The number of fused-ring (bicyclic) bond motifs is 1. The lowest BCUT2D eigenvalue weighted by Gasteiger charge is -2.34. The number of rotatable bonds is 0. The van der Waals surface area contributed by atoms with Crippen LogP contribution >= 0.6 is 0 Å². The summed E-state index contributed by atoms with van der Waals surface area (Å²) in [6.45, 7) is 0. The van der Waals surface area contributed by atoms with Gasteiger partial charge in [0.15, 0.2) is 17.3 Å². The van der Waals surface area contributed by atoms with E-state index >= 15 is 0 Å². The van der Waals surface area contributed by atoms with Crippen LogP contribution in [-0.2, 0) is 0 Å². The predicted molar refractivity (Wildman–Crippen MR) is 57.1 cm³/mol. The molecule has 2 aliphatic rings. The van der Waals surface area contributed by atoms with Gasteiger partial charge in [0.25, 0.3) is 0 Å². The van der Waals surface area contributed by atoms with Crippen LogP contribution in [0.15, 0.2) is 12.1 Å². The molecule has 0 saturated heterocycles. The second-order valence-corrected chi connectivity index (χ2v) is 4.86. The average Bonchev–Trinajstić information content (AvgIpc) is 2.69. The fourth-order valence-electron chi connectivity index (χ4n) is 2.81. The monoisotopic (exact) mass is 238 g/mol. The van der Waals surface area contributed by atoms with Crippen LogP contribution in [0.2, 0.25) is 0 Å². The number of ketones is 1. The number of carbonyl (C=O) groups is 1. The van der Waals surface area contributed by atoms with E-state index in [2.05, 4.69) is 0 Å². The minimum Gasteiger partial charge on any atom is -0.483 e. The molecule has 1 heterocycles. The van der Waals surface area contributed by atoms with E-state index in [4.69, 9.17) is 4.74 Å². The summed E-state index contributed by atoms with van der Waals surface area (Å²) in [6, 6.07) is 1.82. The zero-order valence-corrected chi connectivity index (χ0v) is 9.26. The first kappa shape index (κ1) is 10.7. The Morgan fingerprint density at radius 3 is 2.59 bits per heavy atom. The van der Waals surface area contributed by atoms with Gasteiger partial charge in [0.1, 0.15) is 11.4 Å². The molecule has 0 unspecified atom stereocenters. The number of ether oxygens (including phenoxy) is 1. The van der Waals surface area contributed by atoms with E-state index in [1.807, 2.05) is 0 Å². The SMILES string of the molecule is O=C1CC2(CCCC2)Oc2c(F)cc(F)cc21. The van der Waals surface area contributed by atoms with Crippen molar-refractivity contribution in [3.63, 3.8) is 0 Å². The molecular weight excluding hydrogens is 226 g/mol. The van der Waals surface area contributed by atoms with Crippen LogP contribution in [0.1, 0.15) is 42.5 Å². The molecule has 0 radical (unpaired) electrons. The van der Waals surface area contributed by atoms with Crippen LogP contribution in [0.5, 0.6) is 5.75 Å². The standard InChI is InChI=1S/C13H12F2O2/c14-8-5-9-11(16)7-13(3-1-2-4-13)17-12(9)10(15)6-8/h5-6H,1-4,7H2. The Morgan fingerprint density at radius 2 is 1.88 bits per heavy atom. The number of hydrogen-bond acceptors (Lipinski definition) is 2. The molecule has 3 rings (SSSR count). The second kappa shape index (κ2) is 3.52. The quantitative estimate of drug-likeness (QED) is 0.693. The molecule has 1 saturated carbocycles. The van der Waals surface area contributed by atoms with Crippen molar-refractivity contribution < 1.29 is 18.3 Å². The van der Waals surface area contributed by atoms with Gasteiger partial charge in [-0.3, -0.25) is 4.79 Å². The Balaban J connectivity index is 2.09. The molecule has 17 heavy (non-hydrogen) atoms. The van der Waals surface area contributed by atoms with E-state index in [0.717, 1.165) is 37.8 Å². The van der Waals surface area contributed by atoms with E-state index in [1.54, 1.807) is 0 Å². The van der Waals surface area contributed by atoms with Crippen molar-refractivity contribution in [1.82, 2.24) is 0 Å². The maximum absolute atomic E-state index is 13.6. The van der Waals surface area contributed by atoms with Gasteiger partial charge in [-0.25, -0.2) is 8.78 Å². The molecule has 0 atom stereocenters. The van der Waals surface area contributed by atoms with E-state index in [1.165, 1.54) is 0 Å². The number of benzene rings is 1. The highest BCUT2D eigenvalue weighted by Gasteiger charge is 2.43. The Bertz CT molecular complexity index is 490. The van der Waals surface area contributed by atoms with Gasteiger partial charge in [-0.05, 0) is 31.7 Å². The van der Waals surface area contributed by atoms with Crippen molar-refractivity contribution in [2.45, 2.75) is 37.7 Å². The zero-order valence-electron chi connectivity index (χ0n) is 9.26. The molecule has 2 nitrogen and oxygen atoms in total. The van der Waals surface area contributed by atoms with Gasteiger partial charge >= 0.3 is 0 Å². The number of carbonyl (C=O) groups excluding carboxylic acids is 1. The molecule has 0 N–H and O–H groups in total. The molecule has 1 fully saturated rings. The Kier molecular flexibility index (Phi) is 2.21. The average molecular weight is 238 g/mol. The van der Waals surface area contributed by atoms with Gasteiger partial charge in [-0.2, -0.15) is 0 Å². The van der Waals surface area contributed by atoms with Gasteiger partial charge in [-0.1, -0.05) is 0 Å². The summed E-state index contributed by atoms with van der Waals surface area (Å²) in [4.78, 5) is 11.9. The third-order valence-corrected chi connectivity index (χ3v) is 3.62. The van der Waals surface area contributed by atoms with Crippen LogP contribution in [0.3, 0.4) is 0 Å². The van der Waals surface area contributed by atoms with Crippen LogP contribution in [-0.4, -0.2) is 11.4 Å². The molecular formula is C13H12F2O2. The highest BCUT2D eigenvalue weighted by molar-refractivity contribution is 6.00. The first-order valence-electron chi connectivity index (χ1n) is 5.81. The number of halogens is 2. The van der Waals surface area contributed by atoms with Gasteiger partial charge in [0, 0.05) is 6.07 Å². The number of Topliss-reactive ketones (excluding diaryl/α,β-unsaturated/α-hetero) is 1. The maximum Gasteiger partial charge on any atom is 0.170 e. The van der Waals surface area contributed by atoms with Crippen molar-refractivity contribution in [2.75, 3.05) is 0 Å². The highest BCUT2D eigenvalue weighted by atomic mass is 19.1. The second-order valence-electron chi connectivity index (χ2n) is 4.86. The van der Waals surface area contributed by atoms with Gasteiger partial charge in [-0.15, -0.1) is 0 Å². The van der Waals surface area contributed by atoms with Crippen molar-refractivity contribution >= 4 is 5.78 Å². The minimum atomic E-state index is -0.778. The van der Waals surface area contributed by atoms with Gasteiger partial charge in [0.05, 0.1) is 12.0 Å². The normalized spacial score (nSPS) is 21.4. The fourth-order valence-corrected chi connectivity index (χ4v) is 2.81. The van der Waals surface area contributed by atoms with E-state index in [-0.39, 0.29) is 23.5 Å². The molecule has 1 aliphatic heterocycles. The third-order valence-electron chi connectivity index (χ3n) is 3.62. The molecule has 0 amide bonds. The first-order valence-corrected chi connectivity index (χ1v) is 5.81. The fraction of sp³-hybridized carbons (Fsp3) is 0.462. The largest absolute Gasteiger partial charge is 0.483 e. The summed E-state index contributed by atoms with van der Waals surface area (Å²) in [5.41, 5.74) is -0.497. The Hall–Kier alpha value is -1.45. The summed E-state index contributed by atoms with van der Waals surface area (Å²) in [5.74, 6) is -1.80. The summed E-state index contributed by atoms with van der Waals surface area (Å²) in [6.07, 6.45) is 3.77. The lowest BCUT2D eigenvalue weighted by molar-refractivity contribution is 0.0417. The zero-order chi connectivity index (χ0) is 12.0. The molecule has 1 spiro atoms. The molecule has 1 aliphatic carbocycles. The topological polar surface area (TPSA) is 26.3 Å². The predicted octanol–water partition coefficient (Wildman–Crippen LogP) is 3.24.